The molecule has 2 N–H and O–H groups in total. The number of hydrogen-bond acceptors (Lipinski definition) is 4. The Hall–Kier alpha value is -2.50. The standard InChI is InChI=1S/C13H13FN4O/c1-8-7-16-5-4-10(8)18-13(19)9-3-6-17-12(15-2)11(9)14/h3-7H,1-2H3,(H,15,17)(H,16,18,19). The van der Waals surface area contributed by atoms with Crippen LogP contribution in [0.15, 0.2) is 30.7 Å². The van der Waals surface area contributed by atoms with Crippen molar-refractivity contribution in [3.63, 3.8) is 0 Å². The van der Waals surface area contributed by atoms with E-state index in [-0.39, 0.29) is 11.4 Å². The van der Waals surface area contributed by atoms with Gasteiger partial charge in [0.1, 0.15) is 0 Å². The smallest absolute Gasteiger partial charge is 0.258 e. The summed E-state index contributed by atoms with van der Waals surface area (Å²) in [6.07, 6.45) is 4.56. The summed E-state index contributed by atoms with van der Waals surface area (Å²) in [5, 5.41) is 5.23. The molecule has 0 aliphatic rings. The van der Waals surface area contributed by atoms with Crippen molar-refractivity contribution in [1.29, 1.82) is 0 Å². The van der Waals surface area contributed by atoms with Crippen molar-refractivity contribution in [3.8, 4) is 0 Å². The van der Waals surface area contributed by atoms with Crippen LogP contribution in [-0.2, 0) is 0 Å². The second-order valence-corrected chi connectivity index (χ2v) is 3.92. The number of hydrogen-bond donors (Lipinski definition) is 2. The first-order valence-corrected chi connectivity index (χ1v) is 5.67. The molecule has 0 radical (unpaired) electrons. The maximum absolute atomic E-state index is 13.9. The van der Waals surface area contributed by atoms with Crippen LogP contribution in [0, 0.1) is 12.7 Å². The van der Waals surface area contributed by atoms with Gasteiger partial charge in [-0.05, 0) is 24.6 Å². The zero-order valence-corrected chi connectivity index (χ0v) is 10.6. The normalized spacial score (nSPS) is 10.1. The fourth-order valence-corrected chi connectivity index (χ4v) is 1.60. The third-order valence-corrected chi connectivity index (χ3v) is 2.64. The van der Waals surface area contributed by atoms with Crippen molar-refractivity contribution in [2.45, 2.75) is 6.92 Å². The number of carbonyl (C=O) groups excluding carboxylic acids is 1. The quantitative estimate of drug-likeness (QED) is 0.888. The Balaban J connectivity index is 2.28. The van der Waals surface area contributed by atoms with Crippen LogP contribution in [0.1, 0.15) is 15.9 Å². The van der Waals surface area contributed by atoms with Gasteiger partial charge in [0.25, 0.3) is 5.91 Å². The summed E-state index contributed by atoms with van der Waals surface area (Å²) >= 11 is 0. The highest BCUT2D eigenvalue weighted by Gasteiger charge is 2.16. The van der Waals surface area contributed by atoms with Crippen molar-refractivity contribution in [2.24, 2.45) is 0 Å². The zero-order chi connectivity index (χ0) is 13.8. The molecular formula is C13H13FN4O. The molecule has 2 aromatic heterocycles. The van der Waals surface area contributed by atoms with Gasteiger partial charge in [-0.1, -0.05) is 0 Å². The highest BCUT2D eigenvalue weighted by Crippen LogP contribution is 2.17. The number of aryl methyl sites for hydroxylation is 1. The first kappa shape index (κ1) is 12.9. The number of carbonyl (C=O) groups is 1. The molecule has 2 aromatic rings. The van der Waals surface area contributed by atoms with Crippen molar-refractivity contribution < 1.29 is 9.18 Å². The molecule has 0 bridgehead atoms. The SMILES string of the molecule is CNc1nccc(C(=O)Nc2ccncc2C)c1F. The van der Waals surface area contributed by atoms with E-state index < -0.39 is 11.7 Å². The van der Waals surface area contributed by atoms with Crippen molar-refractivity contribution in [2.75, 3.05) is 17.7 Å². The molecule has 0 aromatic carbocycles. The maximum Gasteiger partial charge on any atom is 0.258 e. The van der Waals surface area contributed by atoms with Crippen LogP contribution in [-0.4, -0.2) is 22.9 Å². The lowest BCUT2D eigenvalue weighted by Crippen LogP contribution is -2.15. The van der Waals surface area contributed by atoms with Gasteiger partial charge in [0.2, 0.25) is 0 Å². The lowest BCUT2D eigenvalue weighted by molar-refractivity contribution is 0.102. The Morgan fingerprint density at radius 2 is 2.11 bits per heavy atom. The maximum atomic E-state index is 13.9. The molecule has 0 saturated heterocycles. The minimum atomic E-state index is -0.672. The Bertz CT molecular complexity index is 615. The van der Waals surface area contributed by atoms with Gasteiger partial charge < -0.3 is 10.6 Å². The van der Waals surface area contributed by atoms with Gasteiger partial charge in [-0.3, -0.25) is 9.78 Å². The van der Waals surface area contributed by atoms with Crippen LogP contribution < -0.4 is 10.6 Å². The van der Waals surface area contributed by atoms with E-state index >= 15 is 0 Å². The van der Waals surface area contributed by atoms with Gasteiger partial charge in [-0.15, -0.1) is 0 Å². The summed E-state index contributed by atoms with van der Waals surface area (Å²) in [6.45, 7) is 1.81. The van der Waals surface area contributed by atoms with E-state index in [4.69, 9.17) is 0 Å². The summed E-state index contributed by atoms with van der Waals surface area (Å²) < 4.78 is 13.9. The second-order valence-electron chi connectivity index (χ2n) is 3.92. The van der Waals surface area contributed by atoms with Crippen LogP contribution in [0.25, 0.3) is 0 Å². The summed E-state index contributed by atoms with van der Waals surface area (Å²) in [5.41, 5.74) is 1.34. The lowest BCUT2D eigenvalue weighted by Gasteiger charge is -2.09. The number of halogens is 1. The van der Waals surface area contributed by atoms with Crippen LogP contribution in [0.4, 0.5) is 15.9 Å². The predicted octanol–water partition coefficient (Wildman–Crippen LogP) is 2.22. The number of amides is 1. The topological polar surface area (TPSA) is 66.9 Å². The van der Waals surface area contributed by atoms with Crippen molar-refractivity contribution in [3.05, 3.63) is 47.7 Å². The summed E-state index contributed by atoms with van der Waals surface area (Å²) in [7, 11) is 1.54. The average Bonchev–Trinajstić information content (AvgIpc) is 2.41. The second kappa shape index (κ2) is 5.43. The van der Waals surface area contributed by atoms with E-state index in [9.17, 15) is 9.18 Å². The third-order valence-electron chi connectivity index (χ3n) is 2.64. The van der Waals surface area contributed by atoms with Gasteiger partial charge in [0.15, 0.2) is 11.6 Å². The van der Waals surface area contributed by atoms with Crippen molar-refractivity contribution >= 4 is 17.4 Å². The molecule has 2 heterocycles. The van der Waals surface area contributed by atoms with Crippen LogP contribution in [0.3, 0.4) is 0 Å². The van der Waals surface area contributed by atoms with Gasteiger partial charge in [-0.25, -0.2) is 9.37 Å². The molecule has 0 atom stereocenters. The molecule has 5 nitrogen and oxygen atoms in total. The number of nitrogens with zero attached hydrogens (tertiary/aromatic N) is 2. The molecule has 6 heteroatoms. The molecule has 19 heavy (non-hydrogen) atoms. The van der Waals surface area contributed by atoms with Crippen LogP contribution >= 0.6 is 0 Å². The molecule has 1 amide bonds. The van der Waals surface area contributed by atoms with E-state index in [1.165, 1.54) is 12.3 Å². The molecule has 2 rings (SSSR count). The lowest BCUT2D eigenvalue weighted by atomic mass is 10.2. The third kappa shape index (κ3) is 2.67. The number of rotatable bonds is 3. The zero-order valence-electron chi connectivity index (χ0n) is 10.6. The van der Waals surface area contributed by atoms with E-state index in [0.717, 1.165) is 5.56 Å². The molecular weight excluding hydrogens is 247 g/mol. The number of nitrogens with one attached hydrogen (secondary N) is 2. The average molecular weight is 260 g/mol. The van der Waals surface area contributed by atoms with Crippen molar-refractivity contribution in [1.82, 2.24) is 9.97 Å². The molecule has 98 valence electrons. The van der Waals surface area contributed by atoms with E-state index in [1.54, 1.807) is 25.5 Å². The van der Waals surface area contributed by atoms with E-state index in [0.29, 0.717) is 5.69 Å². The molecule has 0 aliphatic carbocycles. The molecule has 0 unspecified atom stereocenters. The highest BCUT2D eigenvalue weighted by molar-refractivity contribution is 6.05. The Kier molecular flexibility index (Phi) is 3.70. The summed E-state index contributed by atoms with van der Waals surface area (Å²) in [4.78, 5) is 19.7. The minimum absolute atomic E-state index is 0.0408. The Morgan fingerprint density at radius 3 is 2.79 bits per heavy atom. The predicted molar refractivity (Wildman–Crippen MR) is 70.7 cm³/mol. The van der Waals surface area contributed by atoms with Crippen LogP contribution in [0.5, 0.6) is 0 Å². The fourth-order valence-electron chi connectivity index (χ4n) is 1.60. The largest absolute Gasteiger partial charge is 0.371 e. The fraction of sp³-hybridized carbons (Fsp3) is 0.154. The monoisotopic (exact) mass is 260 g/mol. The van der Waals surface area contributed by atoms with Gasteiger partial charge in [0.05, 0.1) is 5.56 Å². The summed E-state index contributed by atoms with van der Waals surface area (Å²) in [5.74, 6) is -1.15. The number of anilines is 2. The first-order valence-electron chi connectivity index (χ1n) is 5.67. The molecule has 0 aliphatic heterocycles. The van der Waals surface area contributed by atoms with Crippen LogP contribution in [0.2, 0.25) is 0 Å². The van der Waals surface area contributed by atoms with Gasteiger partial charge >= 0.3 is 0 Å². The molecule has 0 spiro atoms. The number of aromatic nitrogens is 2. The molecule has 0 fully saturated rings. The van der Waals surface area contributed by atoms with Gasteiger partial charge in [-0.2, -0.15) is 0 Å². The van der Waals surface area contributed by atoms with E-state index in [1.807, 2.05) is 6.92 Å². The summed E-state index contributed by atoms with van der Waals surface area (Å²) in [6, 6.07) is 2.99. The minimum Gasteiger partial charge on any atom is -0.371 e. The molecule has 0 saturated carbocycles. The Morgan fingerprint density at radius 1 is 1.32 bits per heavy atom. The first-order chi connectivity index (χ1) is 9.13. The Labute approximate surface area is 109 Å². The van der Waals surface area contributed by atoms with E-state index in [2.05, 4.69) is 20.6 Å². The van der Waals surface area contributed by atoms with Gasteiger partial charge in [0, 0.05) is 31.3 Å². The number of pyridine rings is 2. The highest BCUT2D eigenvalue weighted by atomic mass is 19.1.